The number of rotatable bonds is 8. The lowest BCUT2D eigenvalue weighted by atomic mass is 10.0. The number of hydrogen-bond acceptors (Lipinski definition) is 5. The van der Waals surface area contributed by atoms with E-state index in [4.69, 9.17) is 0 Å². The van der Waals surface area contributed by atoms with Crippen molar-refractivity contribution in [3.63, 3.8) is 0 Å². The highest BCUT2D eigenvalue weighted by molar-refractivity contribution is 7.99. The quantitative estimate of drug-likeness (QED) is 0.493. The summed E-state index contributed by atoms with van der Waals surface area (Å²) in [5.74, 6) is 0.892. The number of amides is 2. The molecule has 1 aromatic heterocycles. The Bertz CT molecular complexity index is 1110. The first-order valence-corrected chi connectivity index (χ1v) is 11.5. The number of thioether (sulfide) groups is 1. The Hall–Kier alpha value is -3.13. The van der Waals surface area contributed by atoms with E-state index in [0.717, 1.165) is 16.8 Å². The third kappa shape index (κ3) is 5.56. The maximum atomic E-state index is 12.6. The van der Waals surface area contributed by atoms with Gasteiger partial charge in [-0.05, 0) is 43.0 Å². The highest BCUT2D eigenvalue weighted by Crippen LogP contribution is 2.25. The first-order chi connectivity index (χ1) is 15.3. The van der Waals surface area contributed by atoms with Crippen molar-refractivity contribution in [1.29, 1.82) is 0 Å². The van der Waals surface area contributed by atoms with Crippen LogP contribution < -0.4 is 10.6 Å². The van der Waals surface area contributed by atoms with E-state index in [9.17, 15) is 9.59 Å². The van der Waals surface area contributed by atoms with Gasteiger partial charge in [0.2, 0.25) is 5.91 Å². The van der Waals surface area contributed by atoms with Crippen molar-refractivity contribution in [1.82, 2.24) is 20.1 Å². The molecular formula is C24H29N5O2S. The van der Waals surface area contributed by atoms with Crippen LogP contribution in [0.1, 0.15) is 60.0 Å². The fourth-order valence-corrected chi connectivity index (χ4v) is 4.14. The molecule has 0 radical (unpaired) electrons. The summed E-state index contributed by atoms with van der Waals surface area (Å²) in [6.45, 7) is 7.96. The standard InChI is InChI=1S/C24H29N5O2S/c1-15(2)18-11-8-9-13-20(18)26-21(30)14-32-24-28-27-22(29(24)5)17(4)25-23(31)19-12-7-6-10-16(19)3/h6-13,15,17H,14H2,1-5H3,(H,25,31)(H,26,30)/t17-/m1/s1. The van der Waals surface area contributed by atoms with Gasteiger partial charge in [0.15, 0.2) is 11.0 Å². The van der Waals surface area contributed by atoms with Crippen LogP contribution in [-0.2, 0) is 11.8 Å². The minimum atomic E-state index is -0.333. The van der Waals surface area contributed by atoms with Crippen molar-refractivity contribution >= 4 is 29.3 Å². The zero-order chi connectivity index (χ0) is 23.3. The molecule has 0 bridgehead atoms. The van der Waals surface area contributed by atoms with Gasteiger partial charge >= 0.3 is 0 Å². The molecule has 2 aromatic carbocycles. The SMILES string of the molecule is Cc1ccccc1C(=O)N[C@H](C)c1nnc(SCC(=O)Nc2ccccc2C(C)C)n1C. The molecule has 2 N–H and O–H groups in total. The van der Waals surface area contributed by atoms with Crippen LogP contribution in [0.25, 0.3) is 0 Å². The first kappa shape index (κ1) is 23.5. The average Bonchev–Trinajstić information content (AvgIpc) is 3.13. The van der Waals surface area contributed by atoms with Gasteiger partial charge in [0.25, 0.3) is 5.91 Å². The lowest BCUT2D eigenvalue weighted by molar-refractivity contribution is -0.113. The summed E-state index contributed by atoms with van der Waals surface area (Å²) >= 11 is 1.31. The van der Waals surface area contributed by atoms with Crippen molar-refractivity contribution in [2.75, 3.05) is 11.1 Å². The second-order valence-electron chi connectivity index (χ2n) is 7.99. The van der Waals surface area contributed by atoms with Crippen molar-refractivity contribution < 1.29 is 9.59 Å². The summed E-state index contributed by atoms with van der Waals surface area (Å²) in [5, 5.41) is 15.0. The Morgan fingerprint density at radius 2 is 1.72 bits per heavy atom. The number of carbonyl (C=O) groups excluding carboxylic acids is 2. The van der Waals surface area contributed by atoms with Gasteiger partial charge in [0, 0.05) is 18.3 Å². The second-order valence-corrected chi connectivity index (χ2v) is 8.93. The molecule has 3 rings (SSSR count). The minimum Gasteiger partial charge on any atom is -0.342 e. The number of hydrogen-bond donors (Lipinski definition) is 2. The predicted molar refractivity (Wildman–Crippen MR) is 128 cm³/mol. The number of benzene rings is 2. The number of aryl methyl sites for hydroxylation is 1. The molecule has 1 atom stereocenters. The van der Waals surface area contributed by atoms with Crippen LogP contribution in [0.4, 0.5) is 5.69 Å². The van der Waals surface area contributed by atoms with E-state index in [-0.39, 0.29) is 23.6 Å². The summed E-state index contributed by atoms with van der Waals surface area (Å²) in [4.78, 5) is 25.1. The molecule has 1 heterocycles. The van der Waals surface area contributed by atoms with Gasteiger partial charge in [0.1, 0.15) is 0 Å². The monoisotopic (exact) mass is 451 g/mol. The summed E-state index contributed by atoms with van der Waals surface area (Å²) in [5.41, 5.74) is 3.48. The van der Waals surface area contributed by atoms with Crippen LogP contribution >= 0.6 is 11.8 Å². The lowest BCUT2D eigenvalue weighted by Crippen LogP contribution is -2.29. The molecule has 0 spiro atoms. The van der Waals surface area contributed by atoms with E-state index < -0.39 is 0 Å². The van der Waals surface area contributed by atoms with Gasteiger partial charge < -0.3 is 15.2 Å². The normalized spacial score (nSPS) is 11.9. The molecule has 0 aliphatic carbocycles. The van der Waals surface area contributed by atoms with Crippen LogP contribution in [-0.4, -0.2) is 32.3 Å². The molecular weight excluding hydrogens is 422 g/mol. The van der Waals surface area contributed by atoms with Gasteiger partial charge in [-0.25, -0.2) is 0 Å². The van der Waals surface area contributed by atoms with E-state index in [1.165, 1.54) is 11.8 Å². The van der Waals surface area contributed by atoms with Gasteiger partial charge in [-0.15, -0.1) is 10.2 Å². The predicted octanol–water partition coefficient (Wildman–Crippen LogP) is 4.47. The molecule has 0 unspecified atom stereocenters. The number of carbonyl (C=O) groups is 2. The van der Waals surface area contributed by atoms with Crippen molar-refractivity contribution in [2.24, 2.45) is 7.05 Å². The van der Waals surface area contributed by atoms with Crippen LogP contribution in [0.2, 0.25) is 0 Å². The fourth-order valence-electron chi connectivity index (χ4n) is 3.43. The number of nitrogens with zero attached hydrogens (tertiary/aromatic N) is 3. The summed E-state index contributed by atoms with van der Waals surface area (Å²) in [6, 6.07) is 14.9. The zero-order valence-electron chi connectivity index (χ0n) is 19.0. The largest absolute Gasteiger partial charge is 0.342 e. The Labute approximate surface area is 193 Å². The molecule has 0 fully saturated rings. The Morgan fingerprint density at radius 1 is 1.03 bits per heavy atom. The van der Waals surface area contributed by atoms with Crippen molar-refractivity contribution in [2.45, 2.75) is 44.8 Å². The summed E-state index contributed by atoms with van der Waals surface area (Å²) in [6.07, 6.45) is 0. The average molecular weight is 452 g/mol. The Morgan fingerprint density at radius 3 is 2.44 bits per heavy atom. The third-order valence-corrected chi connectivity index (χ3v) is 6.20. The maximum Gasteiger partial charge on any atom is 0.252 e. The van der Waals surface area contributed by atoms with E-state index in [0.29, 0.717) is 22.5 Å². The Kier molecular flexibility index (Phi) is 7.69. The summed E-state index contributed by atoms with van der Waals surface area (Å²) < 4.78 is 1.81. The topological polar surface area (TPSA) is 88.9 Å². The van der Waals surface area contributed by atoms with Gasteiger partial charge in [-0.3, -0.25) is 9.59 Å². The van der Waals surface area contributed by atoms with Gasteiger partial charge in [0.05, 0.1) is 11.8 Å². The summed E-state index contributed by atoms with van der Waals surface area (Å²) in [7, 11) is 1.83. The third-order valence-electron chi connectivity index (χ3n) is 5.18. The van der Waals surface area contributed by atoms with E-state index in [2.05, 4.69) is 34.7 Å². The van der Waals surface area contributed by atoms with Crippen LogP contribution in [0.3, 0.4) is 0 Å². The number of para-hydroxylation sites is 1. The molecule has 0 saturated carbocycles. The molecule has 168 valence electrons. The van der Waals surface area contributed by atoms with E-state index in [1.807, 2.05) is 67.9 Å². The minimum absolute atomic E-state index is 0.103. The van der Waals surface area contributed by atoms with Crippen molar-refractivity contribution in [3.05, 3.63) is 71.0 Å². The first-order valence-electron chi connectivity index (χ1n) is 10.5. The fraction of sp³-hybridized carbons (Fsp3) is 0.333. The highest BCUT2D eigenvalue weighted by atomic mass is 32.2. The van der Waals surface area contributed by atoms with Crippen molar-refractivity contribution in [3.8, 4) is 0 Å². The zero-order valence-corrected chi connectivity index (χ0v) is 19.9. The molecule has 0 aliphatic heterocycles. The van der Waals surface area contributed by atoms with Crippen LogP contribution in [0.15, 0.2) is 53.7 Å². The van der Waals surface area contributed by atoms with E-state index in [1.54, 1.807) is 6.07 Å². The number of nitrogens with one attached hydrogen (secondary N) is 2. The van der Waals surface area contributed by atoms with Gasteiger partial charge in [-0.2, -0.15) is 0 Å². The van der Waals surface area contributed by atoms with E-state index >= 15 is 0 Å². The lowest BCUT2D eigenvalue weighted by Gasteiger charge is -2.15. The molecule has 0 aliphatic rings. The van der Waals surface area contributed by atoms with Crippen LogP contribution in [0.5, 0.6) is 0 Å². The molecule has 0 saturated heterocycles. The molecule has 32 heavy (non-hydrogen) atoms. The molecule has 8 heteroatoms. The maximum absolute atomic E-state index is 12.6. The van der Waals surface area contributed by atoms with Gasteiger partial charge in [-0.1, -0.05) is 62.0 Å². The molecule has 3 aromatic rings. The number of aromatic nitrogens is 3. The number of anilines is 1. The highest BCUT2D eigenvalue weighted by Gasteiger charge is 2.20. The van der Waals surface area contributed by atoms with Crippen LogP contribution in [0, 0.1) is 6.92 Å². The second kappa shape index (κ2) is 10.5. The molecule has 7 nitrogen and oxygen atoms in total. The smallest absolute Gasteiger partial charge is 0.252 e. The molecule has 2 amide bonds. The Balaban J connectivity index is 1.60.